The largest absolute Gasteiger partial charge is 0.465 e. The van der Waals surface area contributed by atoms with Gasteiger partial charge in [-0.05, 0) is 44.8 Å². The van der Waals surface area contributed by atoms with Gasteiger partial charge in [0.05, 0.1) is 12.7 Å². The highest BCUT2D eigenvalue weighted by molar-refractivity contribution is 9.10. The van der Waals surface area contributed by atoms with Crippen LogP contribution in [0.25, 0.3) is 0 Å². The van der Waals surface area contributed by atoms with Crippen molar-refractivity contribution in [1.29, 1.82) is 0 Å². The maximum absolute atomic E-state index is 11.5. The quantitative estimate of drug-likeness (QED) is 0.670. The minimum atomic E-state index is -0.305. The lowest BCUT2D eigenvalue weighted by molar-refractivity contribution is 0.0600. The van der Waals surface area contributed by atoms with Crippen molar-refractivity contribution in [2.24, 2.45) is 0 Å². The Kier molecular flexibility index (Phi) is 7.93. The maximum atomic E-state index is 11.5. The monoisotopic (exact) mass is 356 g/mol. The van der Waals surface area contributed by atoms with Crippen LogP contribution in [-0.2, 0) is 11.3 Å². The van der Waals surface area contributed by atoms with Crippen molar-refractivity contribution in [1.82, 2.24) is 9.80 Å². The Balaban J connectivity index is 2.76. The summed E-state index contributed by atoms with van der Waals surface area (Å²) in [5.74, 6) is -0.305. The van der Waals surface area contributed by atoms with Crippen LogP contribution in [-0.4, -0.2) is 56.6 Å². The van der Waals surface area contributed by atoms with Crippen LogP contribution >= 0.6 is 15.9 Å². The second-order valence-electron chi connectivity index (χ2n) is 5.38. The van der Waals surface area contributed by atoms with Crippen LogP contribution in [0.4, 0.5) is 0 Å². The predicted molar refractivity (Wildman–Crippen MR) is 89.6 cm³/mol. The highest BCUT2D eigenvalue weighted by Crippen LogP contribution is 2.21. The molecule has 0 aliphatic rings. The molecule has 5 heteroatoms. The van der Waals surface area contributed by atoms with E-state index in [0.717, 1.165) is 37.1 Å². The minimum Gasteiger partial charge on any atom is -0.465 e. The molecule has 1 aromatic rings. The molecule has 1 rings (SSSR count). The van der Waals surface area contributed by atoms with Gasteiger partial charge < -0.3 is 9.64 Å². The van der Waals surface area contributed by atoms with E-state index in [1.807, 2.05) is 18.2 Å². The Morgan fingerprint density at radius 2 is 1.95 bits per heavy atom. The number of carbonyl (C=O) groups is 1. The number of benzene rings is 1. The molecular formula is C16H25BrN2O2. The molecule has 0 radical (unpaired) electrons. The molecule has 0 saturated carbocycles. The summed E-state index contributed by atoms with van der Waals surface area (Å²) in [7, 11) is 5.57. The predicted octanol–water partition coefficient (Wildman–Crippen LogP) is 3.01. The van der Waals surface area contributed by atoms with Crippen molar-refractivity contribution < 1.29 is 9.53 Å². The van der Waals surface area contributed by atoms with E-state index in [0.29, 0.717) is 5.56 Å². The van der Waals surface area contributed by atoms with Crippen molar-refractivity contribution in [3.05, 3.63) is 33.8 Å². The van der Waals surface area contributed by atoms with Crippen LogP contribution in [0.5, 0.6) is 0 Å². The summed E-state index contributed by atoms with van der Waals surface area (Å²) in [6.07, 6.45) is 1.13. The highest BCUT2D eigenvalue weighted by Gasteiger charge is 2.11. The molecule has 0 aliphatic carbocycles. The van der Waals surface area contributed by atoms with Crippen LogP contribution in [0.3, 0.4) is 0 Å². The van der Waals surface area contributed by atoms with E-state index >= 15 is 0 Å². The molecule has 21 heavy (non-hydrogen) atoms. The molecule has 0 saturated heterocycles. The molecule has 0 amide bonds. The summed E-state index contributed by atoms with van der Waals surface area (Å²) in [6, 6.07) is 5.65. The van der Waals surface area contributed by atoms with Gasteiger partial charge in [-0.15, -0.1) is 0 Å². The summed E-state index contributed by atoms with van der Waals surface area (Å²) >= 11 is 3.56. The molecule has 0 atom stereocenters. The molecule has 1 aromatic carbocycles. The van der Waals surface area contributed by atoms with Crippen molar-refractivity contribution in [2.45, 2.75) is 19.9 Å². The molecular weight excluding hydrogens is 332 g/mol. The fourth-order valence-electron chi connectivity index (χ4n) is 2.09. The lowest BCUT2D eigenvalue weighted by Crippen LogP contribution is -2.32. The van der Waals surface area contributed by atoms with Crippen LogP contribution in [0.1, 0.15) is 29.3 Å². The third kappa shape index (κ3) is 6.16. The second-order valence-corrected chi connectivity index (χ2v) is 6.23. The number of likely N-dealkylation sites (N-methyl/N-ethyl adjacent to an activating group) is 1. The van der Waals surface area contributed by atoms with E-state index in [2.05, 4.69) is 46.7 Å². The van der Waals surface area contributed by atoms with Crippen molar-refractivity contribution in [3.63, 3.8) is 0 Å². The number of rotatable bonds is 8. The summed E-state index contributed by atoms with van der Waals surface area (Å²) in [6.45, 7) is 6.21. The Labute approximate surface area is 136 Å². The number of esters is 1. The summed E-state index contributed by atoms with van der Waals surface area (Å²) < 4.78 is 5.69. The van der Waals surface area contributed by atoms with E-state index in [-0.39, 0.29) is 5.97 Å². The number of nitrogens with zero attached hydrogens (tertiary/aromatic N) is 2. The van der Waals surface area contributed by atoms with Gasteiger partial charge in [-0.1, -0.05) is 28.9 Å². The number of hydrogen-bond acceptors (Lipinski definition) is 4. The van der Waals surface area contributed by atoms with Gasteiger partial charge in [0.1, 0.15) is 0 Å². The molecule has 0 spiro atoms. The molecule has 118 valence electrons. The van der Waals surface area contributed by atoms with Crippen LogP contribution < -0.4 is 0 Å². The zero-order valence-corrected chi connectivity index (χ0v) is 14.9. The Morgan fingerprint density at radius 3 is 2.48 bits per heavy atom. The SMILES string of the molecule is CCCN(CCN(C)C)Cc1ccc(C(=O)OC)cc1Br. The van der Waals surface area contributed by atoms with Crippen molar-refractivity contribution in [2.75, 3.05) is 40.8 Å². The first-order valence-electron chi connectivity index (χ1n) is 7.21. The Bertz CT molecular complexity index is 464. The average molecular weight is 357 g/mol. The first-order chi connectivity index (χ1) is 9.97. The van der Waals surface area contributed by atoms with Crippen LogP contribution in [0, 0.1) is 0 Å². The molecule has 0 heterocycles. The van der Waals surface area contributed by atoms with E-state index in [9.17, 15) is 4.79 Å². The third-order valence-electron chi connectivity index (χ3n) is 3.27. The van der Waals surface area contributed by atoms with Gasteiger partial charge in [-0.2, -0.15) is 0 Å². The Hall–Kier alpha value is -0.910. The minimum absolute atomic E-state index is 0.305. The highest BCUT2D eigenvalue weighted by atomic mass is 79.9. The molecule has 4 nitrogen and oxygen atoms in total. The van der Waals surface area contributed by atoms with E-state index in [1.165, 1.54) is 12.7 Å². The van der Waals surface area contributed by atoms with E-state index in [1.54, 1.807) is 0 Å². The van der Waals surface area contributed by atoms with E-state index in [4.69, 9.17) is 4.74 Å². The number of carbonyl (C=O) groups excluding carboxylic acids is 1. The number of methoxy groups -OCH3 is 1. The summed E-state index contributed by atoms with van der Waals surface area (Å²) in [4.78, 5) is 16.1. The first kappa shape index (κ1) is 18.1. The van der Waals surface area contributed by atoms with Crippen molar-refractivity contribution >= 4 is 21.9 Å². The summed E-state index contributed by atoms with van der Waals surface area (Å²) in [5, 5.41) is 0. The first-order valence-corrected chi connectivity index (χ1v) is 8.01. The normalized spacial score (nSPS) is 11.2. The van der Waals surface area contributed by atoms with Gasteiger partial charge in [-0.3, -0.25) is 4.90 Å². The smallest absolute Gasteiger partial charge is 0.337 e. The van der Waals surface area contributed by atoms with Crippen molar-refractivity contribution in [3.8, 4) is 0 Å². The maximum Gasteiger partial charge on any atom is 0.337 e. The lowest BCUT2D eigenvalue weighted by atomic mass is 10.1. The van der Waals surface area contributed by atoms with Crippen LogP contribution in [0.15, 0.2) is 22.7 Å². The molecule has 0 bridgehead atoms. The topological polar surface area (TPSA) is 32.8 Å². The van der Waals surface area contributed by atoms with Gasteiger partial charge in [-0.25, -0.2) is 4.79 Å². The summed E-state index contributed by atoms with van der Waals surface area (Å²) in [5.41, 5.74) is 1.76. The lowest BCUT2D eigenvalue weighted by Gasteiger charge is -2.24. The molecule has 0 aromatic heterocycles. The molecule has 0 fully saturated rings. The Morgan fingerprint density at radius 1 is 1.24 bits per heavy atom. The second kappa shape index (κ2) is 9.18. The molecule has 0 unspecified atom stereocenters. The van der Waals surface area contributed by atoms with Gasteiger partial charge in [0.15, 0.2) is 0 Å². The number of ether oxygens (including phenoxy) is 1. The number of halogens is 1. The third-order valence-corrected chi connectivity index (χ3v) is 4.01. The fraction of sp³-hybridized carbons (Fsp3) is 0.562. The zero-order valence-electron chi connectivity index (χ0n) is 13.4. The number of hydrogen-bond donors (Lipinski definition) is 0. The molecule has 0 N–H and O–H groups in total. The van der Waals surface area contributed by atoms with Gasteiger partial charge >= 0.3 is 5.97 Å². The van der Waals surface area contributed by atoms with E-state index < -0.39 is 0 Å². The average Bonchev–Trinajstić information content (AvgIpc) is 2.46. The van der Waals surface area contributed by atoms with Gasteiger partial charge in [0.2, 0.25) is 0 Å². The zero-order chi connectivity index (χ0) is 15.8. The fourth-order valence-corrected chi connectivity index (χ4v) is 2.59. The van der Waals surface area contributed by atoms with Gasteiger partial charge in [0, 0.05) is 24.1 Å². The standard InChI is InChI=1S/C16H25BrN2O2/c1-5-8-19(10-9-18(2)3)12-14-7-6-13(11-15(14)17)16(20)21-4/h6-7,11H,5,8-10,12H2,1-4H3. The van der Waals surface area contributed by atoms with Crippen LogP contribution in [0.2, 0.25) is 0 Å². The van der Waals surface area contributed by atoms with Gasteiger partial charge in [0.25, 0.3) is 0 Å². The molecule has 0 aliphatic heterocycles.